The second-order valence-electron chi connectivity index (χ2n) is 3.51. The van der Waals surface area contributed by atoms with Crippen LogP contribution in [0.15, 0.2) is 29.4 Å². The minimum atomic E-state index is 0.771. The molecule has 3 nitrogen and oxygen atoms in total. The molecule has 1 aromatic heterocycles. The maximum Gasteiger partial charge on any atom is 0.191 e. The third-order valence-electron chi connectivity index (χ3n) is 2.31. The highest BCUT2D eigenvalue weighted by atomic mass is 35.5. The van der Waals surface area contributed by atoms with Gasteiger partial charge in [-0.3, -0.25) is 0 Å². The summed E-state index contributed by atoms with van der Waals surface area (Å²) in [6.45, 7) is 1.94. The molecule has 1 heterocycles. The fourth-order valence-corrected chi connectivity index (χ4v) is 2.40. The van der Waals surface area contributed by atoms with Gasteiger partial charge < -0.3 is 4.57 Å². The van der Waals surface area contributed by atoms with Crippen molar-refractivity contribution in [1.29, 1.82) is 0 Å². The summed E-state index contributed by atoms with van der Waals surface area (Å²) in [5, 5.41) is 9.81. The summed E-state index contributed by atoms with van der Waals surface area (Å²) in [5.41, 5.74) is 1.19. The fourth-order valence-electron chi connectivity index (χ4n) is 1.29. The topological polar surface area (TPSA) is 30.7 Å². The van der Waals surface area contributed by atoms with Gasteiger partial charge in [0.2, 0.25) is 0 Å². The molecule has 16 heavy (non-hydrogen) atoms. The Morgan fingerprint density at radius 3 is 2.81 bits per heavy atom. The molecule has 5 heteroatoms. The van der Waals surface area contributed by atoms with Crippen LogP contribution in [0.4, 0.5) is 0 Å². The van der Waals surface area contributed by atoms with Gasteiger partial charge in [0.05, 0.1) is 0 Å². The van der Waals surface area contributed by atoms with Gasteiger partial charge >= 0.3 is 0 Å². The van der Waals surface area contributed by atoms with E-state index < -0.39 is 0 Å². The predicted octanol–water partition coefficient (Wildman–Crippen LogP) is 3.07. The summed E-state index contributed by atoms with van der Waals surface area (Å²) < 4.78 is 1.98. The monoisotopic (exact) mass is 253 g/mol. The lowest BCUT2D eigenvalue weighted by atomic mass is 10.2. The molecule has 0 spiro atoms. The van der Waals surface area contributed by atoms with Crippen molar-refractivity contribution in [3.05, 3.63) is 40.7 Å². The molecule has 0 atom stereocenters. The van der Waals surface area contributed by atoms with Crippen molar-refractivity contribution in [2.75, 3.05) is 0 Å². The first kappa shape index (κ1) is 11.5. The van der Waals surface area contributed by atoms with E-state index in [2.05, 4.69) is 16.3 Å². The third-order valence-corrected chi connectivity index (χ3v) is 3.64. The van der Waals surface area contributed by atoms with Crippen LogP contribution in [0, 0.1) is 6.92 Å². The second-order valence-corrected chi connectivity index (χ2v) is 4.89. The van der Waals surface area contributed by atoms with Gasteiger partial charge in [0.1, 0.15) is 5.82 Å². The highest BCUT2D eigenvalue weighted by Gasteiger charge is 2.05. The molecule has 2 rings (SSSR count). The Hall–Kier alpha value is -1.00. The summed E-state index contributed by atoms with van der Waals surface area (Å²) in [7, 11) is 1.97. The van der Waals surface area contributed by atoms with Gasteiger partial charge in [0, 0.05) is 17.8 Å². The smallest absolute Gasteiger partial charge is 0.191 e. The maximum atomic E-state index is 5.92. The van der Waals surface area contributed by atoms with Gasteiger partial charge in [-0.1, -0.05) is 35.5 Å². The van der Waals surface area contributed by atoms with Gasteiger partial charge in [-0.25, -0.2) is 0 Å². The van der Waals surface area contributed by atoms with Gasteiger partial charge in [-0.05, 0) is 24.6 Å². The lowest BCUT2D eigenvalue weighted by molar-refractivity contribution is 0.765. The number of halogens is 1. The van der Waals surface area contributed by atoms with E-state index in [9.17, 15) is 0 Å². The van der Waals surface area contributed by atoms with Crippen molar-refractivity contribution < 1.29 is 0 Å². The standard InChI is InChI=1S/C11H12ClN3S/c1-8-13-14-11(15(8)2)16-7-9-4-3-5-10(12)6-9/h3-6H,7H2,1-2H3. The Morgan fingerprint density at radius 1 is 1.38 bits per heavy atom. The van der Waals surface area contributed by atoms with Crippen LogP contribution in [0.1, 0.15) is 11.4 Å². The lowest BCUT2D eigenvalue weighted by Crippen LogP contribution is -1.93. The minimum Gasteiger partial charge on any atom is -0.309 e. The average Bonchev–Trinajstić information content (AvgIpc) is 2.57. The van der Waals surface area contributed by atoms with Crippen LogP contribution in [0.2, 0.25) is 5.02 Å². The van der Waals surface area contributed by atoms with Gasteiger partial charge in [0.25, 0.3) is 0 Å². The van der Waals surface area contributed by atoms with Crippen LogP contribution in [-0.2, 0) is 12.8 Å². The van der Waals surface area contributed by atoms with E-state index in [1.165, 1.54) is 5.56 Å². The largest absolute Gasteiger partial charge is 0.309 e. The number of benzene rings is 1. The average molecular weight is 254 g/mol. The first-order chi connectivity index (χ1) is 7.66. The second kappa shape index (κ2) is 4.89. The zero-order chi connectivity index (χ0) is 11.5. The summed E-state index contributed by atoms with van der Waals surface area (Å²) in [5.74, 6) is 1.78. The molecule has 0 saturated carbocycles. The van der Waals surface area contributed by atoms with Crippen molar-refractivity contribution in [2.24, 2.45) is 7.05 Å². The lowest BCUT2D eigenvalue weighted by Gasteiger charge is -2.02. The Balaban J connectivity index is 2.05. The Kier molecular flexibility index (Phi) is 3.51. The van der Waals surface area contributed by atoms with Crippen LogP contribution in [0.3, 0.4) is 0 Å². The van der Waals surface area contributed by atoms with Crippen LogP contribution >= 0.6 is 23.4 Å². The maximum absolute atomic E-state index is 5.92. The summed E-state index contributed by atoms with van der Waals surface area (Å²) in [4.78, 5) is 0. The quantitative estimate of drug-likeness (QED) is 0.788. The highest BCUT2D eigenvalue weighted by molar-refractivity contribution is 7.98. The molecule has 1 aromatic carbocycles. The molecule has 2 aromatic rings. The van der Waals surface area contributed by atoms with Gasteiger partial charge in [0.15, 0.2) is 5.16 Å². The molecule has 0 aliphatic carbocycles. The van der Waals surface area contributed by atoms with Crippen LogP contribution in [0.25, 0.3) is 0 Å². The van der Waals surface area contributed by atoms with E-state index >= 15 is 0 Å². The first-order valence-electron chi connectivity index (χ1n) is 4.90. The van der Waals surface area contributed by atoms with E-state index in [4.69, 9.17) is 11.6 Å². The van der Waals surface area contributed by atoms with E-state index in [0.29, 0.717) is 0 Å². The molecule has 0 fully saturated rings. The Morgan fingerprint density at radius 2 is 2.19 bits per heavy atom. The SMILES string of the molecule is Cc1nnc(SCc2cccc(Cl)c2)n1C. The Labute approximate surface area is 104 Å². The number of aryl methyl sites for hydroxylation is 1. The van der Waals surface area contributed by atoms with Crippen molar-refractivity contribution in [3.8, 4) is 0 Å². The van der Waals surface area contributed by atoms with E-state index in [-0.39, 0.29) is 0 Å². The Bertz CT molecular complexity index is 496. The summed E-state index contributed by atoms with van der Waals surface area (Å²) >= 11 is 7.58. The molecular weight excluding hydrogens is 242 g/mol. The molecule has 0 bridgehead atoms. The zero-order valence-corrected chi connectivity index (χ0v) is 10.7. The molecule has 0 unspecified atom stereocenters. The van der Waals surface area contributed by atoms with Crippen molar-refractivity contribution in [1.82, 2.24) is 14.8 Å². The molecule has 0 N–H and O–H groups in total. The summed E-state index contributed by atoms with van der Waals surface area (Å²) in [6.07, 6.45) is 0. The number of hydrogen-bond acceptors (Lipinski definition) is 3. The van der Waals surface area contributed by atoms with E-state index in [0.717, 1.165) is 21.8 Å². The molecular formula is C11H12ClN3S. The van der Waals surface area contributed by atoms with Crippen LogP contribution in [-0.4, -0.2) is 14.8 Å². The molecule has 0 aliphatic heterocycles. The third kappa shape index (κ3) is 2.57. The van der Waals surface area contributed by atoms with Crippen molar-refractivity contribution in [3.63, 3.8) is 0 Å². The highest BCUT2D eigenvalue weighted by Crippen LogP contribution is 2.22. The first-order valence-corrected chi connectivity index (χ1v) is 6.26. The number of hydrogen-bond donors (Lipinski definition) is 0. The van der Waals surface area contributed by atoms with Crippen LogP contribution < -0.4 is 0 Å². The van der Waals surface area contributed by atoms with Crippen molar-refractivity contribution in [2.45, 2.75) is 17.8 Å². The number of aromatic nitrogens is 3. The van der Waals surface area contributed by atoms with Crippen LogP contribution in [0.5, 0.6) is 0 Å². The molecule has 0 radical (unpaired) electrons. The van der Waals surface area contributed by atoms with Crippen molar-refractivity contribution >= 4 is 23.4 Å². The molecule has 84 valence electrons. The molecule has 0 amide bonds. The van der Waals surface area contributed by atoms with E-state index in [1.807, 2.05) is 36.7 Å². The summed E-state index contributed by atoms with van der Waals surface area (Å²) in [6, 6.07) is 7.86. The molecule has 0 aliphatic rings. The minimum absolute atomic E-state index is 0.771. The fraction of sp³-hybridized carbons (Fsp3) is 0.273. The van der Waals surface area contributed by atoms with E-state index in [1.54, 1.807) is 11.8 Å². The predicted molar refractivity (Wildman–Crippen MR) is 66.8 cm³/mol. The molecule has 0 saturated heterocycles. The van der Waals surface area contributed by atoms with Gasteiger partial charge in [-0.2, -0.15) is 0 Å². The normalized spacial score (nSPS) is 10.7. The number of rotatable bonds is 3. The zero-order valence-electron chi connectivity index (χ0n) is 9.14. The number of nitrogens with zero attached hydrogens (tertiary/aromatic N) is 3. The number of thioether (sulfide) groups is 1. The van der Waals surface area contributed by atoms with Gasteiger partial charge in [-0.15, -0.1) is 10.2 Å².